The molecule has 2 atom stereocenters. The summed E-state index contributed by atoms with van der Waals surface area (Å²) in [5.41, 5.74) is 3.27. The number of nitrogens with one attached hydrogen (secondary N) is 2. The third-order valence-corrected chi connectivity index (χ3v) is 4.14. The molecule has 1 aliphatic carbocycles. The van der Waals surface area contributed by atoms with Crippen LogP contribution in [0.4, 0.5) is 10.5 Å². The topological polar surface area (TPSA) is 50.4 Å². The summed E-state index contributed by atoms with van der Waals surface area (Å²) in [5.74, 6) is 0.448. The highest BCUT2D eigenvalue weighted by molar-refractivity contribution is 5.67. The maximum absolute atomic E-state index is 11.8. The van der Waals surface area contributed by atoms with Gasteiger partial charge in [-0.25, -0.2) is 4.79 Å². The lowest BCUT2D eigenvalue weighted by Crippen LogP contribution is -2.38. The molecule has 2 unspecified atom stereocenters. The van der Waals surface area contributed by atoms with Crippen LogP contribution in [-0.4, -0.2) is 24.3 Å². The van der Waals surface area contributed by atoms with Gasteiger partial charge >= 0.3 is 6.09 Å². The van der Waals surface area contributed by atoms with Crippen LogP contribution in [0.3, 0.4) is 0 Å². The van der Waals surface area contributed by atoms with Crippen molar-refractivity contribution in [2.24, 2.45) is 5.92 Å². The molecule has 0 spiro atoms. The molecule has 0 bridgehead atoms. The molecule has 1 aromatic carbocycles. The molecule has 4 heteroatoms. The van der Waals surface area contributed by atoms with Gasteiger partial charge in [0.15, 0.2) is 0 Å². The molecule has 23 heavy (non-hydrogen) atoms. The molecule has 1 saturated carbocycles. The third-order valence-electron chi connectivity index (χ3n) is 4.14. The van der Waals surface area contributed by atoms with E-state index in [4.69, 9.17) is 4.74 Å². The van der Waals surface area contributed by atoms with Crippen LogP contribution in [-0.2, 0) is 4.74 Å². The van der Waals surface area contributed by atoms with E-state index in [1.165, 1.54) is 23.2 Å². The van der Waals surface area contributed by atoms with Crippen LogP contribution in [0.1, 0.15) is 51.2 Å². The van der Waals surface area contributed by atoms with Crippen LogP contribution in [0.25, 0.3) is 0 Å². The Morgan fingerprint density at radius 2 is 1.83 bits per heavy atom. The Morgan fingerprint density at radius 1 is 1.17 bits per heavy atom. The van der Waals surface area contributed by atoms with Gasteiger partial charge in [0, 0.05) is 18.3 Å². The van der Waals surface area contributed by atoms with Crippen molar-refractivity contribution in [1.29, 1.82) is 0 Å². The molecule has 0 saturated heterocycles. The van der Waals surface area contributed by atoms with E-state index < -0.39 is 5.60 Å². The Bertz CT molecular complexity index is 529. The van der Waals surface area contributed by atoms with Crippen LogP contribution in [0, 0.1) is 19.8 Å². The quantitative estimate of drug-likeness (QED) is 0.864. The Hall–Kier alpha value is -1.71. The molecule has 1 amide bonds. The van der Waals surface area contributed by atoms with E-state index in [-0.39, 0.29) is 6.09 Å². The zero-order valence-electron chi connectivity index (χ0n) is 15.0. The van der Waals surface area contributed by atoms with Crippen molar-refractivity contribution in [2.75, 3.05) is 11.9 Å². The average molecular weight is 318 g/mol. The van der Waals surface area contributed by atoms with Crippen LogP contribution in [0.2, 0.25) is 0 Å². The zero-order valence-corrected chi connectivity index (χ0v) is 15.0. The van der Waals surface area contributed by atoms with Crippen molar-refractivity contribution in [1.82, 2.24) is 5.32 Å². The normalized spacial score (nSPS) is 21.1. The number of carbonyl (C=O) groups excluding carboxylic acids is 1. The fourth-order valence-corrected chi connectivity index (χ4v) is 3.27. The highest BCUT2D eigenvalue weighted by Crippen LogP contribution is 2.29. The molecule has 1 aliphatic rings. The molecule has 0 radical (unpaired) electrons. The Balaban J connectivity index is 1.89. The lowest BCUT2D eigenvalue weighted by Gasteiger charge is -2.24. The molecule has 0 aromatic heterocycles. The number of carbonyl (C=O) groups is 1. The molecule has 1 aromatic rings. The van der Waals surface area contributed by atoms with Crippen molar-refractivity contribution < 1.29 is 9.53 Å². The molecule has 2 N–H and O–H groups in total. The monoisotopic (exact) mass is 318 g/mol. The summed E-state index contributed by atoms with van der Waals surface area (Å²) in [6.07, 6.45) is 3.16. The third kappa shape index (κ3) is 5.77. The van der Waals surface area contributed by atoms with Crippen molar-refractivity contribution in [3.05, 3.63) is 29.3 Å². The second kappa shape index (κ2) is 7.24. The first kappa shape index (κ1) is 17.6. The van der Waals surface area contributed by atoms with Crippen LogP contribution in [0.5, 0.6) is 0 Å². The van der Waals surface area contributed by atoms with Crippen LogP contribution < -0.4 is 10.6 Å². The van der Waals surface area contributed by atoms with Gasteiger partial charge in [-0.2, -0.15) is 0 Å². The van der Waals surface area contributed by atoms with Gasteiger partial charge in [0.05, 0.1) is 0 Å². The summed E-state index contributed by atoms with van der Waals surface area (Å²) >= 11 is 0. The van der Waals surface area contributed by atoms with E-state index in [1.54, 1.807) is 0 Å². The van der Waals surface area contributed by atoms with Crippen molar-refractivity contribution in [3.8, 4) is 0 Å². The van der Waals surface area contributed by atoms with Crippen LogP contribution >= 0.6 is 0 Å². The van der Waals surface area contributed by atoms with Gasteiger partial charge in [0.2, 0.25) is 0 Å². The molecule has 0 aliphatic heterocycles. The van der Waals surface area contributed by atoms with E-state index >= 15 is 0 Å². The van der Waals surface area contributed by atoms with Gasteiger partial charge in [0.1, 0.15) is 5.60 Å². The van der Waals surface area contributed by atoms with E-state index in [9.17, 15) is 4.79 Å². The second-order valence-electron chi connectivity index (χ2n) is 7.70. The first-order chi connectivity index (χ1) is 10.7. The number of alkyl carbamates (subject to hydrolysis) is 1. The summed E-state index contributed by atoms with van der Waals surface area (Å²) in [5, 5.41) is 6.57. The standard InChI is InChI=1S/C19H30N2O2/c1-13-9-14(2)11-16(10-13)21-17-8-6-7-15(17)12-20-18(22)23-19(3,4)5/h9-11,15,17,21H,6-8,12H2,1-5H3,(H,20,22). The van der Waals surface area contributed by atoms with Crippen LogP contribution in [0.15, 0.2) is 18.2 Å². The lowest BCUT2D eigenvalue weighted by molar-refractivity contribution is 0.0519. The predicted molar refractivity (Wildman–Crippen MR) is 94.9 cm³/mol. The van der Waals surface area contributed by atoms with E-state index in [2.05, 4.69) is 42.7 Å². The number of hydrogen-bond donors (Lipinski definition) is 2. The maximum Gasteiger partial charge on any atom is 0.407 e. The molecular formula is C19H30N2O2. The van der Waals surface area contributed by atoms with Gasteiger partial charge < -0.3 is 15.4 Å². The smallest absolute Gasteiger partial charge is 0.407 e. The van der Waals surface area contributed by atoms with Gasteiger partial charge in [-0.15, -0.1) is 0 Å². The second-order valence-corrected chi connectivity index (χ2v) is 7.70. The Kier molecular flexibility index (Phi) is 5.55. The average Bonchev–Trinajstić information content (AvgIpc) is 2.80. The maximum atomic E-state index is 11.8. The molecular weight excluding hydrogens is 288 g/mol. The van der Waals surface area contributed by atoms with Crippen molar-refractivity contribution in [2.45, 2.75) is 65.5 Å². The fraction of sp³-hybridized carbons (Fsp3) is 0.632. The van der Waals surface area contributed by atoms with Crippen molar-refractivity contribution in [3.63, 3.8) is 0 Å². The highest BCUT2D eigenvalue weighted by Gasteiger charge is 2.28. The van der Waals surface area contributed by atoms with E-state index in [0.29, 0.717) is 18.5 Å². The summed E-state index contributed by atoms with van der Waals surface area (Å²) in [4.78, 5) is 11.8. The number of hydrogen-bond acceptors (Lipinski definition) is 3. The SMILES string of the molecule is Cc1cc(C)cc(NC2CCCC2CNC(=O)OC(C)(C)C)c1. The molecule has 128 valence electrons. The molecule has 1 fully saturated rings. The van der Waals surface area contributed by atoms with Gasteiger partial charge in [0.25, 0.3) is 0 Å². The first-order valence-electron chi connectivity index (χ1n) is 8.54. The van der Waals surface area contributed by atoms with Gasteiger partial charge in [-0.3, -0.25) is 0 Å². The molecule has 0 heterocycles. The first-order valence-corrected chi connectivity index (χ1v) is 8.54. The summed E-state index contributed by atoms with van der Waals surface area (Å²) in [7, 11) is 0. The lowest BCUT2D eigenvalue weighted by atomic mass is 10.0. The van der Waals surface area contributed by atoms with E-state index in [1.807, 2.05) is 20.8 Å². The van der Waals surface area contributed by atoms with Gasteiger partial charge in [-0.1, -0.05) is 12.5 Å². The highest BCUT2D eigenvalue weighted by atomic mass is 16.6. The zero-order chi connectivity index (χ0) is 17.0. The molecule has 4 nitrogen and oxygen atoms in total. The van der Waals surface area contributed by atoms with E-state index in [0.717, 1.165) is 12.8 Å². The minimum atomic E-state index is -0.448. The number of benzene rings is 1. The number of aryl methyl sites for hydroxylation is 2. The molecule has 2 rings (SSSR count). The predicted octanol–water partition coefficient (Wildman–Crippen LogP) is 4.41. The summed E-state index contributed by atoms with van der Waals surface area (Å²) < 4.78 is 5.31. The summed E-state index contributed by atoms with van der Waals surface area (Å²) in [6.45, 7) is 10.5. The number of ether oxygens (including phenoxy) is 1. The van der Waals surface area contributed by atoms with Crippen molar-refractivity contribution >= 4 is 11.8 Å². The number of rotatable bonds is 4. The largest absolute Gasteiger partial charge is 0.444 e. The Labute approximate surface area is 140 Å². The number of amides is 1. The Morgan fingerprint density at radius 3 is 2.43 bits per heavy atom. The van der Waals surface area contributed by atoms with Gasteiger partial charge in [-0.05, 0) is 76.6 Å². The minimum absolute atomic E-state index is 0.324. The fourth-order valence-electron chi connectivity index (χ4n) is 3.27. The number of anilines is 1. The summed E-state index contributed by atoms with van der Waals surface area (Å²) in [6, 6.07) is 6.96. The minimum Gasteiger partial charge on any atom is -0.444 e.